The smallest absolute Gasteiger partial charge is 0.323 e. The highest BCUT2D eigenvalue weighted by Crippen LogP contribution is 2.33. The zero-order valence-corrected chi connectivity index (χ0v) is 17.1. The molecule has 3 rings (SSSR count). The van der Waals surface area contributed by atoms with E-state index in [1.165, 1.54) is 22.9 Å². The Morgan fingerprint density at radius 1 is 1.23 bits per heavy atom. The Labute approximate surface area is 178 Å². The molecule has 3 N–H and O–H groups in total. The van der Waals surface area contributed by atoms with E-state index < -0.39 is 36.5 Å². The SMILES string of the molecule is O=C(O)CN1CC(c2ccoc2)SCC(NC(CCc2ccccc2)C(=O)O)C1=O. The van der Waals surface area contributed by atoms with Crippen LogP contribution in [0.1, 0.15) is 22.8 Å². The van der Waals surface area contributed by atoms with Gasteiger partial charge in [-0.05, 0) is 24.5 Å². The van der Waals surface area contributed by atoms with Gasteiger partial charge in [-0.1, -0.05) is 30.3 Å². The second-order valence-electron chi connectivity index (χ2n) is 7.13. The molecule has 1 aliphatic heterocycles. The minimum Gasteiger partial charge on any atom is -0.480 e. The Morgan fingerprint density at radius 2 is 2.00 bits per heavy atom. The Kier molecular flexibility index (Phi) is 7.53. The molecule has 2 heterocycles. The molecule has 0 bridgehead atoms. The summed E-state index contributed by atoms with van der Waals surface area (Å²) in [5.41, 5.74) is 1.88. The summed E-state index contributed by atoms with van der Waals surface area (Å²) < 4.78 is 5.12. The number of thioether (sulfide) groups is 1. The molecule has 3 unspecified atom stereocenters. The molecule has 0 spiro atoms. The molecule has 0 aliphatic carbocycles. The summed E-state index contributed by atoms with van der Waals surface area (Å²) in [5.74, 6) is -2.22. The molecule has 1 aromatic carbocycles. The van der Waals surface area contributed by atoms with Gasteiger partial charge < -0.3 is 19.5 Å². The molecule has 1 saturated heterocycles. The molecule has 30 heavy (non-hydrogen) atoms. The number of nitrogens with zero attached hydrogens (tertiary/aromatic N) is 1. The molecule has 0 radical (unpaired) electrons. The van der Waals surface area contributed by atoms with Crippen LogP contribution in [0.25, 0.3) is 0 Å². The fourth-order valence-corrected chi connectivity index (χ4v) is 4.68. The first kappa shape index (κ1) is 21.9. The molecule has 1 aliphatic rings. The topological polar surface area (TPSA) is 120 Å². The third kappa shape index (κ3) is 5.87. The summed E-state index contributed by atoms with van der Waals surface area (Å²) >= 11 is 1.48. The van der Waals surface area contributed by atoms with Gasteiger partial charge in [0.25, 0.3) is 0 Å². The van der Waals surface area contributed by atoms with Gasteiger partial charge in [0.05, 0.1) is 23.8 Å². The molecule has 1 aromatic heterocycles. The van der Waals surface area contributed by atoms with Crippen LogP contribution in [0.3, 0.4) is 0 Å². The van der Waals surface area contributed by atoms with Gasteiger partial charge in [-0.3, -0.25) is 19.7 Å². The van der Waals surface area contributed by atoms with Gasteiger partial charge in [-0.25, -0.2) is 0 Å². The molecule has 0 saturated carbocycles. The number of carboxylic acids is 2. The third-order valence-corrected chi connectivity index (χ3v) is 6.32. The van der Waals surface area contributed by atoms with E-state index in [4.69, 9.17) is 4.42 Å². The molecule has 8 nitrogen and oxygen atoms in total. The average molecular weight is 432 g/mol. The lowest BCUT2D eigenvalue weighted by molar-refractivity contribution is -0.146. The van der Waals surface area contributed by atoms with Crippen molar-refractivity contribution in [3.8, 4) is 0 Å². The zero-order chi connectivity index (χ0) is 21.5. The van der Waals surface area contributed by atoms with Crippen molar-refractivity contribution >= 4 is 29.6 Å². The molecular formula is C21H24N2O6S. The lowest BCUT2D eigenvalue weighted by Gasteiger charge is -2.26. The van der Waals surface area contributed by atoms with Gasteiger partial charge in [0.1, 0.15) is 12.6 Å². The van der Waals surface area contributed by atoms with Crippen molar-refractivity contribution in [2.24, 2.45) is 0 Å². The number of carboxylic acid groups (broad SMARTS) is 2. The standard InChI is InChI=1S/C21H24N2O6S/c24-19(25)11-23-10-18(15-8-9-29-12-15)30-13-17(20(23)26)22-16(21(27)28)7-6-14-4-2-1-3-5-14/h1-5,8-9,12,16-18,22H,6-7,10-11,13H2,(H,24,25)(H,27,28). The summed E-state index contributed by atoms with van der Waals surface area (Å²) in [5, 5.41) is 21.7. The number of carbonyl (C=O) groups excluding carboxylic acids is 1. The summed E-state index contributed by atoms with van der Waals surface area (Å²) in [6.45, 7) is -0.219. The van der Waals surface area contributed by atoms with E-state index in [0.717, 1.165) is 11.1 Å². The van der Waals surface area contributed by atoms with Crippen molar-refractivity contribution in [1.29, 1.82) is 0 Å². The van der Waals surface area contributed by atoms with Crippen LogP contribution in [0.5, 0.6) is 0 Å². The van der Waals surface area contributed by atoms with Crippen LogP contribution >= 0.6 is 11.8 Å². The van der Waals surface area contributed by atoms with Crippen LogP contribution < -0.4 is 5.32 Å². The van der Waals surface area contributed by atoms with Crippen molar-refractivity contribution in [1.82, 2.24) is 10.2 Å². The first-order chi connectivity index (χ1) is 14.4. The number of hydrogen-bond acceptors (Lipinski definition) is 6. The number of hydrogen-bond donors (Lipinski definition) is 3. The lowest BCUT2D eigenvalue weighted by atomic mass is 10.0. The van der Waals surface area contributed by atoms with Gasteiger partial charge in [0.15, 0.2) is 0 Å². The van der Waals surface area contributed by atoms with Gasteiger partial charge in [0.2, 0.25) is 5.91 Å². The first-order valence-electron chi connectivity index (χ1n) is 9.61. The summed E-state index contributed by atoms with van der Waals surface area (Å²) in [4.78, 5) is 37.3. The first-order valence-corrected chi connectivity index (χ1v) is 10.7. The number of amides is 1. The quantitative estimate of drug-likeness (QED) is 0.551. The number of furan rings is 1. The molecular weight excluding hydrogens is 408 g/mol. The Balaban J connectivity index is 1.72. The maximum absolute atomic E-state index is 13.0. The summed E-state index contributed by atoms with van der Waals surface area (Å²) in [6, 6.07) is 9.61. The molecule has 160 valence electrons. The van der Waals surface area contributed by atoms with Gasteiger partial charge in [-0.15, -0.1) is 11.8 Å². The predicted octanol–water partition coefficient (Wildman–Crippen LogP) is 2.02. The average Bonchev–Trinajstić information content (AvgIpc) is 3.21. The minimum atomic E-state index is -1.11. The monoisotopic (exact) mass is 432 g/mol. The highest BCUT2D eigenvalue weighted by atomic mass is 32.2. The van der Waals surface area contributed by atoms with E-state index in [1.54, 1.807) is 12.3 Å². The number of aryl methyl sites for hydroxylation is 1. The Bertz CT molecular complexity index is 858. The maximum Gasteiger partial charge on any atom is 0.323 e. The third-order valence-electron chi connectivity index (χ3n) is 4.97. The van der Waals surface area contributed by atoms with Crippen molar-refractivity contribution in [2.75, 3.05) is 18.8 Å². The molecule has 9 heteroatoms. The van der Waals surface area contributed by atoms with Crippen LogP contribution in [-0.2, 0) is 20.8 Å². The van der Waals surface area contributed by atoms with Crippen LogP contribution in [0, 0.1) is 0 Å². The largest absolute Gasteiger partial charge is 0.480 e. The van der Waals surface area contributed by atoms with E-state index >= 15 is 0 Å². The van der Waals surface area contributed by atoms with E-state index in [1.807, 2.05) is 30.3 Å². The second-order valence-corrected chi connectivity index (χ2v) is 8.36. The van der Waals surface area contributed by atoms with Crippen LogP contribution in [-0.4, -0.2) is 63.9 Å². The number of rotatable bonds is 9. The van der Waals surface area contributed by atoms with E-state index in [9.17, 15) is 24.6 Å². The lowest BCUT2D eigenvalue weighted by Crippen LogP contribution is -2.53. The normalized spacial score (nSPS) is 20.5. The van der Waals surface area contributed by atoms with Crippen molar-refractivity contribution in [3.63, 3.8) is 0 Å². The van der Waals surface area contributed by atoms with Crippen molar-refractivity contribution < 1.29 is 29.0 Å². The van der Waals surface area contributed by atoms with Gasteiger partial charge in [0, 0.05) is 17.9 Å². The fraction of sp³-hybridized carbons (Fsp3) is 0.381. The maximum atomic E-state index is 13.0. The zero-order valence-electron chi connectivity index (χ0n) is 16.3. The second kappa shape index (κ2) is 10.3. The molecule has 1 fully saturated rings. The van der Waals surface area contributed by atoms with Gasteiger partial charge in [-0.2, -0.15) is 0 Å². The summed E-state index contributed by atoms with van der Waals surface area (Å²) in [7, 11) is 0. The molecule has 1 amide bonds. The highest BCUT2D eigenvalue weighted by Gasteiger charge is 2.35. The number of nitrogens with one attached hydrogen (secondary N) is 1. The Hall–Kier alpha value is -2.78. The van der Waals surface area contributed by atoms with Crippen LogP contribution in [0.15, 0.2) is 53.3 Å². The number of aliphatic carboxylic acids is 2. The van der Waals surface area contributed by atoms with Gasteiger partial charge >= 0.3 is 11.9 Å². The minimum absolute atomic E-state index is 0.147. The van der Waals surface area contributed by atoms with Crippen molar-refractivity contribution in [2.45, 2.75) is 30.2 Å². The van der Waals surface area contributed by atoms with E-state index in [2.05, 4.69) is 5.32 Å². The van der Waals surface area contributed by atoms with Crippen molar-refractivity contribution in [3.05, 3.63) is 60.1 Å². The fourth-order valence-electron chi connectivity index (χ4n) is 3.41. The van der Waals surface area contributed by atoms with E-state index in [-0.39, 0.29) is 11.8 Å². The highest BCUT2D eigenvalue weighted by molar-refractivity contribution is 7.99. The number of carbonyl (C=O) groups is 3. The Morgan fingerprint density at radius 3 is 2.63 bits per heavy atom. The number of benzene rings is 1. The molecule has 2 aromatic rings. The summed E-state index contributed by atoms with van der Waals surface area (Å²) in [6.07, 6.45) is 3.98. The predicted molar refractivity (Wildman–Crippen MR) is 111 cm³/mol. The van der Waals surface area contributed by atoms with Crippen LogP contribution in [0.2, 0.25) is 0 Å². The van der Waals surface area contributed by atoms with E-state index in [0.29, 0.717) is 18.6 Å². The molecule has 3 atom stereocenters. The van der Waals surface area contributed by atoms with Crippen LogP contribution in [0.4, 0.5) is 0 Å².